The molecule has 0 atom stereocenters. The van der Waals surface area contributed by atoms with Gasteiger partial charge in [0.2, 0.25) is 0 Å². The van der Waals surface area contributed by atoms with Crippen molar-refractivity contribution in [2.75, 3.05) is 7.11 Å². The zero-order chi connectivity index (χ0) is 16.2. The van der Waals surface area contributed by atoms with Crippen molar-refractivity contribution in [3.8, 4) is 11.5 Å². The molecule has 2 aromatic rings. The van der Waals surface area contributed by atoms with Gasteiger partial charge in [-0.05, 0) is 69.4 Å². The molecule has 0 aliphatic carbocycles. The lowest BCUT2D eigenvalue weighted by Gasteiger charge is -2.04. The van der Waals surface area contributed by atoms with Gasteiger partial charge in [-0.15, -0.1) is 0 Å². The molecule has 0 saturated heterocycles. The maximum atomic E-state index is 9.06. The van der Waals surface area contributed by atoms with E-state index in [0.29, 0.717) is 15.8 Å². The van der Waals surface area contributed by atoms with Gasteiger partial charge in [-0.25, -0.2) is 0 Å². The van der Waals surface area contributed by atoms with Gasteiger partial charge in [0.15, 0.2) is 11.5 Å². The van der Waals surface area contributed by atoms with Crippen LogP contribution in [-0.2, 0) is 0 Å². The first-order chi connectivity index (χ1) is 9.76. The molecule has 0 fully saturated rings. The summed E-state index contributed by atoms with van der Waals surface area (Å²) in [7, 11) is 1.54. The van der Waals surface area contributed by atoms with E-state index in [1.807, 2.05) is 0 Å². The lowest BCUT2D eigenvalue weighted by molar-refractivity contribution is 0.415. The van der Waals surface area contributed by atoms with Crippen LogP contribution in [0.25, 0.3) is 0 Å². The number of rotatable bonds is 1. The number of phenols is 1. The van der Waals surface area contributed by atoms with Crippen molar-refractivity contribution in [1.29, 1.82) is 0 Å². The van der Waals surface area contributed by atoms with Crippen LogP contribution in [0, 0.1) is 7.14 Å². The highest BCUT2D eigenvalue weighted by molar-refractivity contribution is 14.1. The summed E-state index contributed by atoms with van der Waals surface area (Å²) in [6, 6.07) is 6.88. The second-order valence-electron chi connectivity index (χ2n) is 3.62. The maximum Gasteiger partial charge on any atom is 0.156 e. The molecule has 0 aliphatic heterocycles. The first-order valence-electron chi connectivity index (χ1n) is 5.28. The van der Waals surface area contributed by atoms with Crippen LogP contribution >= 0.6 is 91.6 Å². The van der Waals surface area contributed by atoms with E-state index in [-0.39, 0.29) is 15.8 Å². The Morgan fingerprint density at radius 1 is 0.810 bits per heavy atom. The summed E-state index contributed by atoms with van der Waals surface area (Å²) in [6.45, 7) is 0. The van der Waals surface area contributed by atoms with Crippen molar-refractivity contribution >= 4 is 91.6 Å². The van der Waals surface area contributed by atoms with E-state index >= 15 is 0 Å². The molecule has 2 nitrogen and oxygen atoms in total. The Kier molecular flexibility index (Phi) is 8.52. The largest absolute Gasteiger partial charge is 0.505 e. The van der Waals surface area contributed by atoms with Crippen LogP contribution in [0.5, 0.6) is 11.5 Å². The molecule has 114 valence electrons. The molecule has 0 unspecified atom stereocenters. The van der Waals surface area contributed by atoms with E-state index < -0.39 is 0 Å². The predicted molar refractivity (Wildman–Crippen MR) is 107 cm³/mol. The smallest absolute Gasteiger partial charge is 0.156 e. The Hall–Kier alpha value is 0.660. The minimum Gasteiger partial charge on any atom is -0.505 e. The van der Waals surface area contributed by atoms with Crippen LogP contribution < -0.4 is 4.74 Å². The van der Waals surface area contributed by atoms with E-state index in [4.69, 9.17) is 56.2 Å². The van der Waals surface area contributed by atoms with E-state index in [1.54, 1.807) is 31.4 Å². The third-order valence-electron chi connectivity index (χ3n) is 2.15. The minimum absolute atomic E-state index is 0.0521. The predicted octanol–water partition coefficient (Wildman–Crippen LogP) is 6.91. The van der Waals surface area contributed by atoms with Crippen LogP contribution in [0.2, 0.25) is 20.1 Å². The molecule has 0 radical (unpaired) electrons. The molecule has 0 aliphatic rings. The summed E-state index contributed by atoms with van der Waals surface area (Å²) in [6.07, 6.45) is 0. The third kappa shape index (κ3) is 5.99. The summed E-state index contributed by atoms with van der Waals surface area (Å²) in [5.74, 6) is 0.484. The molecule has 0 heterocycles. The molecular weight excluding hydrogens is 584 g/mol. The molecule has 0 bridgehead atoms. The molecule has 2 aromatic carbocycles. The lowest BCUT2D eigenvalue weighted by atomic mass is 10.3. The number of halogens is 6. The van der Waals surface area contributed by atoms with Crippen molar-refractivity contribution in [2.45, 2.75) is 0 Å². The van der Waals surface area contributed by atoms with Crippen molar-refractivity contribution in [1.82, 2.24) is 0 Å². The summed E-state index contributed by atoms with van der Waals surface area (Å²) < 4.78 is 6.87. The maximum absolute atomic E-state index is 9.06. The summed E-state index contributed by atoms with van der Waals surface area (Å²) in [4.78, 5) is 0. The molecule has 0 aromatic heterocycles. The molecule has 8 heteroatoms. The standard InChI is InChI=1S/C7H5Cl2IO.C6H3Cl2IO/c1-11-7-5(8)2-4(10)3-6(7)9;7-4-1-3(9)2-5(8)6(4)10/h2-3H,1H3;1-2,10H. The van der Waals surface area contributed by atoms with Crippen LogP contribution in [0.3, 0.4) is 0 Å². The van der Waals surface area contributed by atoms with Gasteiger partial charge in [0.25, 0.3) is 0 Å². The Bertz CT molecular complexity index is 604. The van der Waals surface area contributed by atoms with Gasteiger partial charge < -0.3 is 9.84 Å². The number of ether oxygens (including phenoxy) is 1. The number of phenolic OH excluding ortho intramolecular Hbond substituents is 1. The summed E-state index contributed by atoms with van der Waals surface area (Å²) in [5, 5.41) is 10.7. The van der Waals surface area contributed by atoms with Gasteiger partial charge in [0.05, 0.1) is 27.2 Å². The average molecular weight is 592 g/mol. The number of benzene rings is 2. The molecular formula is C13H8Cl4I2O2. The quantitative estimate of drug-likeness (QED) is 0.365. The van der Waals surface area contributed by atoms with E-state index in [1.165, 1.54) is 0 Å². The fraction of sp³-hybridized carbons (Fsp3) is 0.0769. The monoisotopic (exact) mass is 590 g/mol. The van der Waals surface area contributed by atoms with Gasteiger partial charge in [-0.1, -0.05) is 46.4 Å². The number of hydrogen-bond donors (Lipinski definition) is 1. The zero-order valence-electron chi connectivity index (χ0n) is 10.4. The molecule has 1 N–H and O–H groups in total. The fourth-order valence-corrected chi connectivity index (χ4v) is 4.37. The van der Waals surface area contributed by atoms with Crippen molar-refractivity contribution < 1.29 is 9.84 Å². The minimum atomic E-state index is -0.0521. The first kappa shape index (κ1) is 19.7. The van der Waals surface area contributed by atoms with Gasteiger partial charge in [-0.3, -0.25) is 0 Å². The van der Waals surface area contributed by atoms with Crippen molar-refractivity contribution in [2.24, 2.45) is 0 Å². The number of hydrogen-bond acceptors (Lipinski definition) is 2. The average Bonchev–Trinajstić information content (AvgIpc) is 2.36. The topological polar surface area (TPSA) is 29.5 Å². The van der Waals surface area contributed by atoms with Crippen LogP contribution in [0.15, 0.2) is 24.3 Å². The highest BCUT2D eigenvalue weighted by atomic mass is 127. The van der Waals surface area contributed by atoms with Crippen LogP contribution in [0.4, 0.5) is 0 Å². The highest BCUT2D eigenvalue weighted by Crippen LogP contribution is 2.34. The SMILES string of the molecule is COc1c(Cl)cc(I)cc1Cl.Oc1c(Cl)cc(I)cc1Cl. The van der Waals surface area contributed by atoms with E-state index in [0.717, 1.165) is 7.14 Å². The Balaban J connectivity index is 0.000000211. The molecule has 0 saturated carbocycles. The van der Waals surface area contributed by atoms with Gasteiger partial charge in [0, 0.05) is 7.14 Å². The Morgan fingerprint density at radius 3 is 1.48 bits per heavy atom. The molecule has 2 rings (SSSR count). The van der Waals surface area contributed by atoms with Crippen molar-refractivity contribution in [3.63, 3.8) is 0 Å². The zero-order valence-corrected chi connectivity index (χ0v) is 17.8. The van der Waals surface area contributed by atoms with Gasteiger partial charge >= 0.3 is 0 Å². The third-order valence-corrected chi connectivity index (χ3v) is 4.53. The van der Waals surface area contributed by atoms with Crippen LogP contribution in [-0.4, -0.2) is 12.2 Å². The summed E-state index contributed by atoms with van der Waals surface area (Å²) in [5.41, 5.74) is 0. The lowest BCUT2D eigenvalue weighted by Crippen LogP contribution is -1.86. The Morgan fingerprint density at radius 2 is 1.14 bits per heavy atom. The number of methoxy groups -OCH3 is 1. The molecule has 0 amide bonds. The highest BCUT2D eigenvalue weighted by Gasteiger charge is 2.06. The molecule has 21 heavy (non-hydrogen) atoms. The number of aromatic hydroxyl groups is 1. The van der Waals surface area contributed by atoms with Gasteiger partial charge in [0.1, 0.15) is 0 Å². The van der Waals surface area contributed by atoms with Gasteiger partial charge in [-0.2, -0.15) is 0 Å². The fourth-order valence-electron chi connectivity index (χ4n) is 1.26. The summed E-state index contributed by atoms with van der Waals surface area (Å²) >= 11 is 27.0. The Labute approximate surface area is 170 Å². The molecule has 0 spiro atoms. The normalized spacial score (nSPS) is 9.86. The first-order valence-corrected chi connectivity index (χ1v) is 8.95. The second kappa shape index (κ2) is 9.08. The van der Waals surface area contributed by atoms with E-state index in [2.05, 4.69) is 45.2 Å². The van der Waals surface area contributed by atoms with E-state index in [9.17, 15) is 0 Å². The van der Waals surface area contributed by atoms with Crippen molar-refractivity contribution in [3.05, 3.63) is 51.5 Å². The second-order valence-corrected chi connectivity index (χ2v) is 7.74. The van der Waals surface area contributed by atoms with Crippen LogP contribution in [0.1, 0.15) is 0 Å².